The number of halogens is 2. The van der Waals surface area contributed by atoms with Gasteiger partial charge in [-0.05, 0) is 68.5 Å². The molecule has 126 valence electrons. The number of thiophene rings is 1. The Morgan fingerprint density at radius 1 is 1.25 bits per heavy atom. The van der Waals surface area contributed by atoms with E-state index < -0.39 is 0 Å². The molecule has 1 aliphatic carbocycles. The lowest BCUT2D eigenvalue weighted by Gasteiger charge is -2.22. The van der Waals surface area contributed by atoms with Crippen LogP contribution < -0.4 is 5.32 Å². The summed E-state index contributed by atoms with van der Waals surface area (Å²) < 4.78 is 1.83. The number of amides is 2. The molecule has 2 aromatic rings. The van der Waals surface area contributed by atoms with E-state index in [1.807, 2.05) is 23.1 Å². The number of hydrogen-bond acceptors (Lipinski definition) is 3. The quantitative estimate of drug-likeness (QED) is 0.700. The monoisotopic (exact) mass is 470 g/mol. The summed E-state index contributed by atoms with van der Waals surface area (Å²) in [6.07, 6.45) is 2.10. The molecular formula is C17H16Br2N2O2S. The number of nitrogens with one attached hydrogen (secondary N) is 1. The third kappa shape index (κ3) is 3.90. The van der Waals surface area contributed by atoms with Crippen molar-refractivity contribution in [3.63, 3.8) is 0 Å². The van der Waals surface area contributed by atoms with Crippen molar-refractivity contribution in [3.05, 3.63) is 54.6 Å². The van der Waals surface area contributed by atoms with Crippen molar-refractivity contribution in [1.29, 1.82) is 0 Å². The molecule has 0 radical (unpaired) electrons. The van der Waals surface area contributed by atoms with Crippen molar-refractivity contribution in [1.82, 2.24) is 10.2 Å². The molecule has 1 fully saturated rings. The van der Waals surface area contributed by atoms with Crippen molar-refractivity contribution >= 4 is 55.0 Å². The first-order valence-electron chi connectivity index (χ1n) is 7.56. The summed E-state index contributed by atoms with van der Waals surface area (Å²) in [6.45, 7) is 0.560. The van der Waals surface area contributed by atoms with Crippen molar-refractivity contribution in [2.45, 2.75) is 25.4 Å². The molecule has 0 unspecified atom stereocenters. The van der Waals surface area contributed by atoms with E-state index in [-0.39, 0.29) is 11.8 Å². The fraction of sp³-hybridized carbons (Fsp3) is 0.294. The smallest absolute Gasteiger partial charge is 0.264 e. The minimum Gasteiger partial charge on any atom is -0.355 e. The zero-order valence-electron chi connectivity index (χ0n) is 13.0. The lowest BCUT2D eigenvalue weighted by atomic mass is 10.1. The lowest BCUT2D eigenvalue weighted by Crippen LogP contribution is -2.32. The van der Waals surface area contributed by atoms with Gasteiger partial charge in [0.2, 0.25) is 0 Å². The third-order valence-electron chi connectivity index (χ3n) is 3.90. The Hall–Kier alpha value is -1.18. The molecule has 1 heterocycles. The van der Waals surface area contributed by atoms with Gasteiger partial charge >= 0.3 is 0 Å². The van der Waals surface area contributed by atoms with Crippen molar-refractivity contribution < 1.29 is 9.59 Å². The van der Waals surface area contributed by atoms with Crippen LogP contribution in [0.5, 0.6) is 0 Å². The normalized spacial score (nSPS) is 13.6. The van der Waals surface area contributed by atoms with Crippen LogP contribution in [-0.2, 0) is 6.54 Å². The van der Waals surface area contributed by atoms with Gasteiger partial charge in [-0.3, -0.25) is 9.59 Å². The number of carbonyl (C=O) groups excluding carboxylic acids is 2. The Kier molecular flexibility index (Phi) is 5.42. The zero-order chi connectivity index (χ0) is 17.3. The predicted octanol–water partition coefficient (Wildman–Crippen LogP) is 4.44. The van der Waals surface area contributed by atoms with Gasteiger partial charge in [-0.2, -0.15) is 0 Å². The molecule has 0 atom stereocenters. The number of benzene rings is 1. The maximum atomic E-state index is 12.8. The van der Waals surface area contributed by atoms with Crippen LogP contribution in [-0.4, -0.2) is 29.8 Å². The lowest BCUT2D eigenvalue weighted by molar-refractivity contribution is 0.0734. The maximum Gasteiger partial charge on any atom is 0.264 e. The second-order valence-electron chi connectivity index (χ2n) is 5.67. The number of hydrogen-bond donors (Lipinski definition) is 1. The summed E-state index contributed by atoms with van der Waals surface area (Å²) in [5.74, 6) is -0.0470. The van der Waals surface area contributed by atoms with E-state index >= 15 is 0 Å². The largest absolute Gasteiger partial charge is 0.355 e. The topological polar surface area (TPSA) is 49.4 Å². The first kappa shape index (κ1) is 17.6. The fourth-order valence-electron chi connectivity index (χ4n) is 2.45. The van der Waals surface area contributed by atoms with Gasteiger partial charge in [-0.25, -0.2) is 0 Å². The summed E-state index contributed by atoms with van der Waals surface area (Å²) in [7, 11) is 1.61. The highest BCUT2D eigenvalue weighted by atomic mass is 79.9. The molecule has 7 heteroatoms. The highest BCUT2D eigenvalue weighted by Crippen LogP contribution is 2.36. The van der Waals surface area contributed by atoms with Gasteiger partial charge in [0.1, 0.15) is 0 Å². The van der Waals surface area contributed by atoms with Crippen molar-refractivity contribution in [2.24, 2.45) is 0 Å². The van der Waals surface area contributed by atoms with Crippen LogP contribution in [0.3, 0.4) is 0 Å². The third-order valence-corrected chi connectivity index (χ3v) is 7.14. The molecule has 1 N–H and O–H groups in total. The molecule has 1 aromatic carbocycles. The SMILES string of the molecule is CNC(=O)c1ccc(CN(C(=O)c2cc(Br)c(Br)s2)C2CC2)cc1. The molecule has 1 saturated carbocycles. The predicted molar refractivity (Wildman–Crippen MR) is 102 cm³/mol. The molecule has 3 rings (SSSR count). The standard InChI is InChI=1S/C17H16Br2N2O2S/c1-20-16(22)11-4-2-10(3-5-11)9-21(12-6-7-12)17(23)14-8-13(18)15(19)24-14/h2-5,8,12H,6-7,9H2,1H3,(H,20,22). The minimum absolute atomic E-state index is 0.0595. The van der Waals surface area contributed by atoms with Gasteiger partial charge in [-0.15, -0.1) is 11.3 Å². The van der Waals surface area contributed by atoms with Gasteiger partial charge in [0, 0.05) is 29.7 Å². The molecule has 1 aromatic heterocycles. The Bertz CT molecular complexity index is 750. The molecule has 1 aliphatic rings. The van der Waals surface area contributed by atoms with Crippen LogP contribution in [0.2, 0.25) is 0 Å². The van der Waals surface area contributed by atoms with Crippen LogP contribution in [0, 0.1) is 0 Å². The van der Waals surface area contributed by atoms with Crippen LogP contribution in [0.15, 0.2) is 38.6 Å². The number of rotatable bonds is 5. The van der Waals surface area contributed by atoms with Gasteiger partial charge < -0.3 is 10.2 Å². The van der Waals surface area contributed by atoms with E-state index in [0.717, 1.165) is 31.5 Å². The van der Waals surface area contributed by atoms with Crippen LogP contribution in [0.4, 0.5) is 0 Å². The maximum absolute atomic E-state index is 12.8. The molecular weight excluding hydrogens is 456 g/mol. The minimum atomic E-state index is -0.107. The molecule has 0 bridgehead atoms. The van der Waals surface area contributed by atoms with E-state index in [4.69, 9.17) is 0 Å². The van der Waals surface area contributed by atoms with E-state index in [9.17, 15) is 9.59 Å². The summed E-state index contributed by atoms with van der Waals surface area (Å²) in [5, 5.41) is 2.61. The zero-order valence-corrected chi connectivity index (χ0v) is 17.0. The highest BCUT2D eigenvalue weighted by molar-refractivity contribution is 9.13. The highest BCUT2D eigenvalue weighted by Gasteiger charge is 2.33. The Labute approximate surface area is 161 Å². The van der Waals surface area contributed by atoms with E-state index in [1.54, 1.807) is 19.2 Å². The number of carbonyl (C=O) groups is 2. The molecule has 0 aliphatic heterocycles. The number of nitrogens with zero attached hydrogens (tertiary/aromatic N) is 1. The second-order valence-corrected chi connectivity index (χ2v) is 8.90. The van der Waals surface area contributed by atoms with Gasteiger partial charge in [0.15, 0.2) is 0 Å². The molecule has 2 amide bonds. The summed E-state index contributed by atoms with van der Waals surface area (Å²) in [4.78, 5) is 27.1. The van der Waals surface area contributed by atoms with E-state index in [0.29, 0.717) is 18.2 Å². The Morgan fingerprint density at radius 2 is 1.92 bits per heavy atom. The average Bonchev–Trinajstić information content (AvgIpc) is 3.37. The van der Waals surface area contributed by atoms with E-state index in [1.165, 1.54) is 11.3 Å². The first-order chi connectivity index (χ1) is 11.5. The van der Waals surface area contributed by atoms with Gasteiger partial charge in [0.05, 0.1) is 8.66 Å². The fourth-order valence-corrected chi connectivity index (χ4v) is 4.44. The first-order valence-corrected chi connectivity index (χ1v) is 9.96. The molecule has 4 nitrogen and oxygen atoms in total. The summed E-state index contributed by atoms with van der Waals surface area (Å²) >= 11 is 8.32. The molecule has 0 spiro atoms. The van der Waals surface area contributed by atoms with E-state index in [2.05, 4.69) is 37.2 Å². The summed E-state index contributed by atoms with van der Waals surface area (Å²) in [6, 6.07) is 9.59. The van der Waals surface area contributed by atoms with Gasteiger partial charge in [-0.1, -0.05) is 12.1 Å². The Balaban J connectivity index is 1.77. The molecule has 24 heavy (non-hydrogen) atoms. The summed E-state index contributed by atoms with van der Waals surface area (Å²) in [5.41, 5.74) is 1.65. The van der Waals surface area contributed by atoms with Crippen LogP contribution >= 0.6 is 43.2 Å². The van der Waals surface area contributed by atoms with Crippen molar-refractivity contribution in [2.75, 3.05) is 7.05 Å². The van der Waals surface area contributed by atoms with Crippen LogP contribution in [0.25, 0.3) is 0 Å². The van der Waals surface area contributed by atoms with Crippen molar-refractivity contribution in [3.8, 4) is 0 Å². The second kappa shape index (κ2) is 7.37. The van der Waals surface area contributed by atoms with Gasteiger partial charge in [0.25, 0.3) is 11.8 Å². The Morgan fingerprint density at radius 3 is 2.42 bits per heavy atom. The average molecular weight is 472 g/mol. The van der Waals surface area contributed by atoms with Crippen LogP contribution in [0.1, 0.15) is 38.4 Å². The molecule has 0 saturated heterocycles.